The molecule has 0 aliphatic heterocycles. The third kappa shape index (κ3) is 6.12. The Morgan fingerprint density at radius 3 is 2.68 bits per heavy atom. The van der Waals surface area contributed by atoms with Crippen molar-refractivity contribution >= 4 is 26.9 Å². The van der Waals surface area contributed by atoms with Gasteiger partial charge in [-0.05, 0) is 61.2 Å². The summed E-state index contributed by atoms with van der Waals surface area (Å²) in [6.45, 7) is 2.00. The van der Waals surface area contributed by atoms with E-state index < -0.39 is 27.1 Å². The number of para-hydroxylation sites is 1. The van der Waals surface area contributed by atoms with Crippen LogP contribution in [0.5, 0.6) is 5.75 Å². The summed E-state index contributed by atoms with van der Waals surface area (Å²) in [5.41, 5.74) is 8.27. The Bertz CT molecular complexity index is 1680. The molecule has 4 aromatic rings. The smallest absolute Gasteiger partial charge is 0.310 e. The van der Waals surface area contributed by atoms with Crippen LogP contribution in [0.3, 0.4) is 0 Å². The highest BCUT2D eigenvalue weighted by Gasteiger charge is 2.37. The van der Waals surface area contributed by atoms with Gasteiger partial charge in [0.05, 0.1) is 29.5 Å². The Kier molecular flexibility index (Phi) is 8.39. The Hall–Kier alpha value is -3.80. The first kappa shape index (κ1) is 28.7. The van der Waals surface area contributed by atoms with E-state index in [-0.39, 0.29) is 43.5 Å². The number of esters is 1. The number of nitrogens with two attached hydrogens (primary N) is 1. The second-order valence-corrected chi connectivity index (χ2v) is 12.2. The normalized spacial score (nSPS) is 14.2. The molecule has 2 heterocycles. The van der Waals surface area contributed by atoms with E-state index in [0.717, 1.165) is 0 Å². The maximum absolute atomic E-state index is 15.4. The monoisotopic (exact) mass is 581 g/mol. The Morgan fingerprint density at radius 1 is 1.17 bits per heavy atom. The highest BCUT2D eigenvalue weighted by Crippen LogP contribution is 2.37. The first-order chi connectivity index (χ1) is 19.7. The number of ether oxygens (including phenoxy) is 3. The number of benzene rings is 2. The molecule has 2 N–H and O–H groups in total. The zero-order chi connectivity index (χ0) is 29.1. The van der Waals surface area contributed by atoms with Gasteiger partial charge < -0.3 is 19.9 Å². The molecule has 0 bridgehead atoms. The third-order valence-corrected chi connectivity index (χ3v) is 9.11. The lowest BCUT2D eigenvalue weighted by molar-refractivity contribution is -0.149. The van der Waals surface area contributed by atoms with E-state index in [1.807, 2.05) is 0 Å². The summed E-state index contributed by atoms with van der Waals surface area (Å²) in [6, 6.07) is 13.9. The van der Waals surface area contributed by atoms with Crippen LogP contribution in [0, 0.1) is 5.82 Å². The lowest BCUT2D eigenvalue weighted by atomic mass is 9.98. The van der Waals surface area contributed by atoms with Crippen LogP contribution in [-0.4, -0.2) is 48.4 Å². The molecule has 1 unspecified atom stereocenters. The number of rotatable bonds is 12. The first-order valence-corrected chi connectivity index (χ1v) is 14.8. The van der Waals surface area contributed by atoms with Gasteiger partial charge in [0.1, 0.15) is 18.5 Å². The van der Waals surface area contributed by atoms with Gasteiger partial charge in [0, 0.05) is 42.6 Å². The second-order valence-electron chi connectivity index (χ2n) is 10.1. The van der Waals surface area contributed by atoms with E-state index in [4.69, 9.17) is 19.9 Å². The zero-order valence-electron chi connectivity index (χ0n) is 22.9. The molecule has 1 atom stereocenters. The molecule has 11 heteroatoms. The highest BCUT2D eigenvalue weighted by atomic mass is 32.2. The van der Waals surface area contributed by atoms with E-state index in [1.165, 1.54) is 23.5 Å². The van der Waals surface area contributed by atoms with Crippen molar-refractivity contribution in [1.82, 2.24) is 8.96 Å². The largest absolute Gasteiger partial charge is 0.489 e. The number of hydrogen-bond donors (Lipinski definition) is 1. The van der Waals surface area contributed by atoms with Gasteiger partial charge >= 0.3 is 5.97 Å². The van der Waals surface area contributed by atoms with Gasteiger partial charge in [-0.15, -0.1) is 0 Å². The number of hydrogen-bond acceptors (Lipinski definition) is 8. The fourth-order valence-corrected chi connectivity index (χ4v) is 6.52. The Morgan fingerprint density at radius 2 is 1.95 bits per heavy atom. The molecule has 1 fully saturated rings. The molecule has 0 amide bonds. The van der Waals surface area contributed by atoms with Gasteiger partial charge in [0.15, 0.2) is 5.82 Å². The van der Waals surface area contributed by atoms with Crippen molar-refractivity contribution in [3.8, 4) is 16.9 Å². The minimum absolute atomic E-state index is 0.00108. The number of nitrogens with zero attached hydrogens (tertiary/aromatic N) is 2. The third-order valence-electron chi connectivity index (χ3n) is 6.93. The van der Waals surface area contributed by atoms with Crippen LogP contribution in [0.15, 0.2) is 60.9 Å². The molecule has 2 aromatic heterocycles. The summed E-state index contributed by atoms with van der Waals surface area (Å²) in [6.07, 6.45) is 3.83. The standard InChI is InChI=1S/C30H32FN3O6S/c1-19(17-38-2)40-29(35)15-21-5-3-4-6-28(21)39-18-20-13-25(24-9-11-33-26(16-32)30(24)31)23-10-12-34(27(23)14-20)41(36,37)22-7-8-22/h3-6,9-14,19,22H,7-8,15-18,32H2,1-2H3. The first-order valence-electron chi connectivity index (χ1n) is 13.3. The van der Waals surface area contributed by atoms with Crippen LogP contribution < -0.4 is 10.5 Å². The van der Waals surface area contributed by atoms with E-state index >= 15 is 4.39 Å². The summed E-state index contributed by atoms with van der Waals surface area (Å²) >= 11 is 0. The summed E-state index contributed by atoms with van der Waals surface area (Å²) in [5, 5.41) is 0.153. The molecule has 9 nitrogen and oxygen atoms in total. The van der Waals surface area contributed by atoms with Crippen molar-refractivity contribution in [3.05, 3.63) is 83.6 Å². The molecule has 0 saturated heterocycles. The fraction of sp³-hybridized carbons (Fsp3) is 0.333. The van der Waals surface area contributed by atoms with Crippen molar-refractivity contribution < 1.29 is 31.8 Å². The summed E-state index contributed by atoms with van der Waals surface area (Å²) in [7, 11) is -2.06. The number of aromatic nitrogens is 2. The summed E-state index contributed by atoms with van der Waals surface area (Å²) in [4.78, 5) is 16.5. The average molecular weight is 582 g/mol. The van der Waals surface area contributed by atoms with E-state index in [0.29, 0.717) is 46.2 Å². The molecule has 1 aliphatic rings. The number of carbonyl (C=O) groups is 1. The molecule has 5 rings (SSSR count). The van der Waals surface area contributed by atoms with Crippen molar-refractivity contribution in [2.45, 2.75) is 50.7 Å². The Balaban J connectivity index is 1.50. The average Bonchev–Trinajstić information content (AvgIpc) is 3.72. The predicted octanol–water partition coefficient (Wildman–Crippen LogP) is 4.34. The number of carbonyl (C=O) groups excluding carboxylic acids is 1. The minimum atomic E-state index is -3.60. The molecule has 216 valence electrons. The van der Waals surface area contributed by atoms with E-state index in [2.05, 4.69) is 4.98 Å². The SMILES string of the molecule is COCC(C)OC(=O)Cc1ccccc1OCc1cc(-c2ccnc(CN)c2F)c2ccn(S(=O)(=O)C3CC3)c2c1. The lowest BCUT2D eigenvalue weighted by Gasteiger charge is -2.15. The predicted molar refractivity (Wildman–Crippen MR) is 152 cm³/mol. The molecule has 0 spiro atoms. The van der Waals surface area contributed by atoms with Gasteiger partial charge in [-0.3, -0.25) is 9.78 Å². The van der Waals surface area contributed by atoms with Crippen LogP contribution in [0.2, 0.25) is 0 Å². The quantitative estimate of drug-likeness (QED) is 0.245. The molecule has 0 radical (unpaired) electrons. The van der Waals surface area contributed by atoms with E-state index in [9.17, 15) is 13.2 Å². The van der Waals surface area contributed by atoms with Gasteiger partial charge in [-0.2, -0.15) is 0 Å². The van der Waals surface area contributed by atoms with Crippen molar-refractivity contribution in [1.29, 1.82) is 0 Å². The minimum Gasteiger partial charge on any atom is -0.489 e. The summed E-state index contributed by atoms with van der Waals surface area (Å²) < 4.78 is 59.7. The van der Waals surface area contributed by atoms with Gasteiger partial charge in [-0.1, -0.05) is 18.2 Å². The number of fused-ring (bicyclic) bond motifs is 1. The maximum atomic E-state index is 15.4. The second kappa shape index (κ2) is 12.0. The molecular weight excluding hydrogens is 549 g/mol. The van der Waals surface area contributed by atoms with Crippen LogP contribution in [0.1, 0.15) is 36.6 Å². The highest BCUT2D eigenvalue weighted by molar-refractivity contribution is 7.91. The number of halogens is 1. The number of methoxy groups -OCH3 is 1. The van der Waals surface area contributed by atoms with Crippen molar-refractivity contribution in [2.24, 2.45) is 5.73 Å². The van der Waals surface area contributed by atoms with Gasteiger partial charge in [-0.25, -0.2) is 16.8 Å². The zero-order valence-corrected chi connectivity index (χ0v) is 23.7. The molecule has 2 aromatic carbocycles. The van der Waals surface area contributed by atoms with E-state index in [1.54, 1.807) is 55.5 Å². The van der Waals surface area contributed by atoms with Crippen LogP contribution in [-0.2, 0) is 43.9 Å². The topological polar surface area (TPSA) is 123 Å². The molecule has 41 heavy (non-hydrogen) atoms. The Labute approximate surface area is 238 Å². The van der Waals surface area contributed by atoms with Gasteiger partial charge in [0.25, 0.3) is 0 Å². The summed E-state index contributed by atoms with van der Waals surface area (Å²) in [5.74, 6) is -0.494. The van der Waals surface area contributed by atoms with Crippen LogP contribution in [0.25, 0.3) is 22.0 Å². The fourth-order valence-electron chi connectivity index (χ4n) is 4.81. The van der Waals surface area contributed by atoms with Gasteiger partial charge in [0.2, 0.25) is 10.0 Å². The number of pyridine rings is 1. The van der Waals surface area contributed by atoms with Crippen molar-refractivity contribution in [2.75, 3.05) is 13.7 Å². The molecular formula is C30H32FN3O6S. The molecule has 1 aliphatic carbocycles. The van der Waals surface area contributed by atoms with Crippen LogP contribution >= 0.6 is 0 Å². The lowest BCUT2D eigenvalue weighted by Crippen LogP contribution is -2.21. The maximum Gasteiger partial charge on any atom is 0.310 e. The van der Waals surface area contributed by atoms with Crippen molar-refractivity contribution in [3.63, 3.8) is 0 Å². The molecule has 1 saturated carbocycles. The van der Waals surface area contributed by atoms with Crippen LogP contribution in [0.4, 0.5) is 4.39 Å².